The van der Waals surface area contributed by atoms with E-state index in [1.807, 2.05) is 4.52 Å². The second-order valence-electron chi connectivity index (χ2n) is 4.67. The van der Waals surface area contributed by atoms with Gasteiger partial charge in [-0.05, 0) is 18.8 Å². The van der Waals surface area contributed by atoms with Crippen molar-refractivity contribution < 1.29 is 5.11 Å². The summed E-state index contributed by atoms with van der Waals surface area (Å²) in [6.45, 7) is 4.20. The molecule has 2 aromatic rings. The molecule has 1 fully saturated rings. The topological polar surface area (TPSA) is 50.4 Å². The molecule has 1 aliphatic rings. The van der Waals surface area contributed by atoms with E-state index in [1.54, 1.807) is 11.3 Å². The van der Waals surface area contributed by atoms with Crippen LogP contribution < -0.4 is 0 Å². The highest BCUT2D eigenvalue weighted by Gasteiger charge is 2.29. The highest BCUT2D eigenvalue weighted by atomic mass is 32.1. The quantitative estimate of drug-likeness (QED) is 0.891. The van der Waals surface area contributed by atoms with E-state index in [1.165, 1.54) is 17.8 Å². The maximum Gasteiger partial charge on any atom is 0.212 e. The van der Waals surface area contributed by atoms with Crippen LogP contribution in [0, 0.1) is 0 Å². The van der Waals surface area contributed by atoms with Crippen molar-refractivity contribution in [2.24, 2.45) is 0 Å². The zero-order chi connectivity index (χ0) is 11.3. The maximum absolute atomic E-state index is 9.42. The number of hydrogen-bond donors (Lipinski definition) is 1. The predicted molar refractivity (Wildman–Crippen MR) is 62.9 cm³/mol. The van der Waals surface area contributed by atoms with Crippen molar-refractivity contribution in [1.82, 2.24) is 14.6 Å². The van der Waals surface area contributed by atoms with E-state index in [-0.39, 0.29) is 6.61 Å². The van der Waals surface area contributed by atoms with Gasteiger partial charge in [-0.1, -0.05) is 25.2 Å². The first-order valence-electron chi connectivity index (χ1n) is 5.69. The summed E-state index contributed by atoms with van der Waals surface area (Å²) in [6.07, 6.45) is 2.50. The van der Waals surface area contributed by atoms with Gasteiger partial charge in [-0.3, -0.25) is 0 Å². The predicted octanol–water partition coefficient (Wildman–Crippen LogP) is 2.28. The minimum atomic E-state index is 0.0164. The Hall–Kier alpha value is -0.940. The van der Waals surface area contributed by atoms with Crippen LogP contribution in [-0.2, 0) is 6.61 Å². The fourth-order valence-corrected chi connectivity index (χ4v) is 3.02. The van der Waals surface area contributed by atoms with Crippen molar-refractivity contribution in [2.45, 2.75) is 45.1 Å². The van der Waals surface area contributed by atoms with Crippen molar-refractivity contribution in [3.63, 3.8) is 0 Å². The lowest BCUT2D eigenvalue weighted by Gasteiger charge is -2.02. The highest BCUT2D eigenvalue weighted by Crippen LogP contribution is 2.42. The first kappa shape index (κ1) is 10.2. The Kier molecular flexibility index (Phi) is 2.26. The minimum Gasteiger partial charge on any atom is -0.390 e. The van der Waals surface area contributed by atoms with Crippen molar-refractivity contribution >= 4 is 16.3 Å². The van der Waals surface area contributed by atoms with Gasteiger partial charge in [-0.25, -0.2) is 9.50 Å². The molecule has 0 amide bonds. The smallest absolute Gasteiger partial charge is 0.212 e. The molecule has 86 valence electrons. The molecule has 1 saturated carbocycles. The van der Waals surface area contributed by atoms with Gasteiger partial charge >= 0.3 is 0 Å². The van der Waals surface area contributed by atoms with Crippen LogP contribution in [0.1, 0.15) is 54.9 Å². The monoisotopic (exact) mass is 237 g/mol. The van der Waals surface area contributed by atoms with E-state index in [0.29, 0.717) is 11.8 Å². The molecule has 0 radical (unpaired) electrons. The van der Waals surface area contributed by atoms with Crippen molar-refractivity contribution in [3.8, 4) is 0 Å². The van der Waals surface area contributed by atoms with Gasteiger partial charge in [-0.2, -0.15) is 5.10 Å². The first-order valence-corrected chi connectivity index (χ1v) is 6.51. The number of aliphatic hydroxyl groups excluding tert-OH is 1. The van der Waals surface area contributed by atoms with Gasteiger partial charge in [-0.15, -0.1) is 0 Å². The summed E-state index contributed by atoms with van der Waals surface area (Å²) in [7, 11) is 0. The summed E-state index contributed by atoms with van der Waals surface area (Å²) in [6, 6.07) is 0. The van der Waals surface area contributed by atoms with Gasteiger partial charge in [0, 0.05) is 5.92 Å². The Morgan fingerprint density at radius 1 is 1.50 bits per heavy atom. The lowest BCUT2D eigenvalue weighted by molar-refractivity contribution is 0.272. The minimum absolute atomic E-state index is 0.0164. The molecule has 16 heavy (non-hydrogen) atoms. The number of hydrogen-bond acceptors (Lipinski definition) is 4. The molecule has 2 aromatic heterocycles. The van der Waals surface area contributed by atoms with Gasteiger partial charge in [0.2, 0.25) is 4.96 Å². The molecule has 1 N–H and O–H groups in total. The molecule has 0 saturated heterocycles. The second kappa shape index (κ2) is 3.53. The summed E-state index contributed by atoms with van der Waals surface area (Å²) in [5.74, 6) is 0.987. The first-order chi connectivity index (χ1) is 7.70. The summed E-state index contributed by atoms with van der Waals surface area (Å²) >= 11 is 1.67. The van der Waals surface area contributed by atoms with E-state index in [9.17, 15) is 5.11 Å². The molecule has 2 heterocycles. The second-order valence-corrected chi connectivity index (χ2v) is 5.65. The third-order valence-electron chi connectivity index (χ3n) is 2.97. The molecule has 0 spiro atoms. The molecular weight excluding hydrogens is 222 g/mol. The molecule has 0 unspecified atom stereocenters. The number of nitrogens with zero attached hydrogens (tertiary/aromatic N) is 3. The van der Waals surface area contributed by atoms with E-state index >= 15 is 0 Å². The van der Waals surface area contributed by atoms with Crippen molar-refractivity contribution in [1.29, 1.82) is 0 Å². The van der Waals surface area contributed by atoms with Gasteiger partial charge in [0.25, 0.3) is 0 Å². The normalized spacial score (nSPS) is 16.5. The standard InChI is InChI=1S/C11H15N3OS/c1-6(2)9-8(5-15)14-11(12-9)16-10(13-14)7-3-4-7/h6-7,15H,3-5H2,1-2H3. The summed E-state index contributed by atoms with van der Waals surface area (Å²) in [5.41, 5.74) is 1.83. The number of aromatic nitrogens is 3. The number of aliphatic hydroxyl groups is 1. The molecule has 5 heteroatoms. The van der Waals surface area contributed by atoms with Gasteiger partial charge in [0.1, 0.15) is 5.01 Å². The van der Waals surface area contributed by atoms with Crippen LogP contribution in [0.15, 0.2) is 0 Å². The maximum atomic E-state index is 9.42. The Morgan fingerprint density at radius 2 is 2.25 bits per heavy atom. The van der Waals surface area contributed by atoms with Crippen LogP contribution in [-0.4, -0.2) is 19.7 Å². The molecule has 0 bridgehead atoms. The molecule has 0 aliphatic heterocycles. The average Bonchev–Trinajstić information content (AvgIpc) is 2.91. The Bertz CT molecular complexity index is 525. The number of imidazole rings is 1. The van der Waals surface area contributed by atoms with E-state index in [4.69, 9.17) is 0 Å². The van der Waals surface area contributed by atoms with Gasteiger partial charge in [0.15, 0.2) is 0 Å². The molecule has 0 aromatic carbocycles. The number of fused-ring (bicyclic) bond motifs is 1. The zero-order valence-corrected chi connectivity index (χ0v) is 10.3. The molecule has 0 atom stereocenters. The van der Waals surface area contributed by atoms with E-state index < -0.39 is 0 Å². The number of rotatable bonds is 3. The SMILES string of the molecule is CC(C)c1nc2sc(C3CC3)nn2c1CO. The van der Waals surface area contributed by atoms with Gasteiger partial charge in [0.05, 0.1) is 18.0 Å². The van der Waals surface area contributed by atoms with E-state index in [0.717, 1.165) is 16.3 Å². The lowest BCUT2D eigenvalue weighted by atomic mass is 10.1. The van der Waals surface area contributed by atoms with Crippen LogP contribution in [0.3, 0.4) is 0 Å². The average molecular weight is 237 g/mol. The molecular formula is C11H15N3OS. The Morgan fingerprint density at radius 3 is 2.81 bits per heavy atom. The lowest BCUT2D eigenvalue weighted by Crippen LogP contribution is -2.00. The summed E-state index contributed by atoms with van der Waals surface area (Å²) < 4.78 is 1.83. The molecule has 3 rings (SSSR count). The Labute approximate surface area is 97.9 Å². The Balaban J connectivity index is 2.14. The summed E-state index contributed by atoms with van der Waals surface area (Å²) in [4.78, 5) is 5.50. The summed E-state index contributed by atoms with van der Waals surface area (Å²) in [5, 5.41) is 15.2. The van der Waals surface area contributed by atoms with E-state index in [2.05, 4.69) is 23.9 Å². The van der Waals surface area contributed by atoms with Crippen LogP contribution in [0.5, 0.6) is 0 Å². The highest BCUT2D eigenvalue weighted by molar-refractivity contribution is 7.16. The third kappa shape index (κ3) is 1.46. The van der Waals surface area contributed by atoms with Crippen LogP contribution in [0.25, 0.3) is 4.96 Å². The van der Waals surface area contributed by atoms with Gasteiger partial charge < -0.3 is 5.11 Å². The fourth-order valence-electron chi connectivity index (χ4n) is 1.93. The largest absolute Gasteiger partial charge is 0.390 e. The molecule has 1 aliphatic carbocycles. The molecule has 4 nitrogen and oxygen atoms in total. The van der Waals surface area contributed by atoms with Crippen LogP contribution >= 0.6 is 11.3 Å². The van der Waals surface area contributed by atoms with Crippen molar-refractivity contribution in [3.05, 3.63) is 16.4 Å². The van der Waals surface area contributed by atoms with Crippen molar-refractivity contribution in [2.75, 3.05) is 0 Å². The van der Waals surface area contributed by atoms with Crippen LogP contribution in [0.2, 0.25) is 0 Å². The zero-order valence-electron chi connectivity index (χ0n) is 9.47. The fraction of sp³-hybridized carbons (Fsp3) is 0.636. The third-order valence-corrected chi connectivity index (χ3v) is 4.04. The van der Waals surface area contributed by atoms with Crippen LogP contribution in [0.4, 0.5) is 0 Å².